The topological polar surface area (TPSA) is 99.1 Å². The zero-order chi connectivity index (χ0) is 18.7. The minimum Gasteiger partial charge on any atom is -0.487 e. The Balaban J connectivity index is 1.84. The fourth-order valence-electron chi connectivity index (χ4n) is 2.99. The molecule has 3 rings (SSSR count). The maximum absolute atomic E-state index is 11.7. The van der Waals surface area contributed by atoms with Gasteiger partial charge in [-0.2, -0.15) is 0 Å². The van der Waals surface area contributed by atoms with Crippen molar-refractivity contribution in [3.8, 4) is 5.75 Å². The number of benzene rings is 2. The van der Waals surface area contributed by atoms with Crippen molar-refractivity contribution >= 4 is 22.7 Å². The van der Waals surface area contributed by atoms with Gasteiger partial charge in [0.2, 0.25) is 0 Å². The summed E-state index contributed by atoms with van der Waals surface area (Å²) in [6, 6.07) is 12.5. The van der Waals surface area contributed by atoms with Gasteiger partial charge >= 0.3 is 0 Å². The average molecular weight is 376 g/mol. The lowest BCUT2D eigenvalue weighted by molar-refractivity contribution is 0.0706. The van der Waals surface area contributed by atoms with Crippen molar-refractivity contribution in [3.05, 3.63) is 59.2 Å². The number of fused-ring (bicyclic) bond motifs is 1. The lowest BCUT2D eigenvalue weighted by Crippen LogP contribution is -2.38. The maximum Gasteiger partial charge on any atom is 0.274 e. The molecule has 0 aliphatic carbocycles. The number of nitrogens with zero attached hydrogens (tertiary/aromatic N) is 1. The van der Waals surface area contributed by atoms with Crippen LogP contribution in [0.15, 0.2) is 42.5 Å². The van der Waals surface area contributed by atoms with E-state index >= 15 is 0 Å². The Morgan fingerprint density at radius 2 is 1.96 bits per heavy atom. The summed E-state index contributed by atoms with van der Waals surface area (Å²) in [4.78, 5) is 13.8. The van der Waals surface area contributed by atoms with E-state index in [0.29, 0.717) is 24.4 Å². The van der Waals surface area contributed by atoms with Crippen LogP contribution in [0.4, 0.5) is 5.69 Å². The Morgan fingerprint density at radius 1 is 1.27 bits per heavy atom. The van der Waals surface area contributed by atoms with E-state index in [-0.39, 0.29) is 11.9 Å². The summed E-state index contributed by atoms with van der Waals surface area (Å²) in [6.07, 6.45) is -0.00361. The molecule has 2 unspecified atom stereocenters. The highest BCUT2D eigenvalue weighted by Gasteiger charge is 2.24. The second kappa shape index (κ2) is 7.86. The van der Waals surface area contributed by atoms with Gasteiger partial charge < -0.3 is 14.2 Å². The van der Waals surface area contributed by atoms with Gasteiger partial charge in [0, 0.05) is 12.1 Å². The van der Waals surface area contributed by atoms with Gasteiger partial charge in [-0.3, -0.25) is 10.0 Å². The number of hydroxylamine groups is 1. The molecule has 3 N–H and O–H groups in total. The lowest BCUT2D eigenvalue weighted by atomic mass is 10.1. The van der Waals surface area contributed by atoms with E-state index in [9.17, 15) is 9.00 Å². The zero-order valence-corrected chi connectivity index (χ0v) is 15.0. The number of hydrogen-bond donors (Lipinski definition) is 3. The molecular weight excluding hydrogens is 356 g/mol. The number of amides is 1. The Labute approximate surface area is 153 Å². The van der Waals surface area contributed by atoms with E-state index in [0.717, 1.165) is 16.8 Å². The highest BCUT2D eigenvalue weighted by atomic mass is 32.2. The predicted molar refractivity (Wildman–Crippen MR) is 97.8 cm³/mol. The van der Waals surface area contributed by atoms with Crippen molar-refractivity contribution in [3.63, 3.8) is 0 Å². The van der Waals surface area contributed by atoms with Gasteiger partial charge in [-0.05, 0) is 36.2 Å². The fraction of sp³-hybridized carbons (Fsp3) is 0.278. The first kappa shape index (κ1) is 18.4. The van der Waals surface area contributed by atoms with Gasteiger partial charge in [-0.15, -0.1) is 0 Å². The third-order valence-corrected chi connectivity index (χ3v) is 4.74. The monoisotopic (exact) mass is 376 g/mol. The van der Waals surface area contributed by atoms with E-state index in [1.807, 2.05) is 31.2 Å². The summed E-state index contributed by atoms with van der Waals surface area (Å²) in [5.41, 5.74) is 4.60. The highest BCUT2D eigenvalue weighted by molar-refractivity contribution is 7.78. The van der Waals surface area contributed by atoms with Crippen LogP contribution < -0.4 is 15.1 Å². The summed E-state index contributed by atoms with van der Waals surface area (Å²) in [6.45, 7) is 3.23. The largest absolute Gasteiger partial charge is 0.487 e. The molecule has 8 heteroatoms. The predicted octanol–water partition coefficient (Wildman–Crippen LogP) is 2.31. The van der Waals surface area contributed by atoms with Crippen LogP contribution in [0.3, 0.4) is 0 Å². The summed E-state index contributed by atoms with van der Waals surface area (Å²) < 4.78 is 25.7. The molecule has 1 heterocycles. The molecule has 0 aromatic heterocycles. The fourth-order valence-corrected chi connectivity index (χ4v) is 3.46. The van der Waals surface area contributed by atoms with Crippen molar-refractivity contribution in [2.75, 3.05) is 11.4 Å². The molecule has 0 fully saturated rings. The van der Waals surface area contributed by atoms with Crippen LogP contribution in [0.25, 0.3) is 0 Å². The second-order valence-electron chi connectivity index (χ2n) is 6.21. The number of carbonyl (C=O) groups is 1. The number of anilines is 1. The molecule has 2 aromatic rings. The molecule has 138 valence electrons. The summed E-state index contributed by atoms with van der Waals surface area (Å²) in [5, 5.41) is 8.84. The molecule has 7 nitrogen and oxygen atoms in total. The van der Waals surface area contributed by atoms with Crippen molar-refractivity contribution in [1.29, 1.82) is 0 Å². The molecular formula is C18H20N2O5S. The van der Waals surface area contributed by atoms with Gasteiger partial charge in [0.05, 0.1) is 18.0 Å². The van der Waals surface area contributed by atoms with Crippen LogP contribution in [0.2, 0.25) is 0 Å². The first-order valence-electron chi connectivity index (χ1n) is 8.11. The van der Waals surface area contributed by atoms with Crippen LogP contribution in [0.5, 0.6) is 5.75 Å². The SMILES string of the molecule is CC1CN(Cc2ccc(CS(=O)O)cc2)c2cc(C(=O)NO)ccc2O1. The lowest BCUT2D eigenvalue weighted by Gasteiger charge is -2.35. The van der Waals surface area contributed by atoms with E-state index < -0.39 is 17.0 Å². The normalized spacial score (nSPS) is 17.2. The number of carbonyl (C=O) groups excluding carboxylic acids is 1. The van der Waals surface area contributed by atoms with Gasteiger partial charge in [0.1, 0.15) is 11.9 Å². The quantitative estimate of drug-likeness (QED) is 0.421. The van der Waals surface area contributed by atoms with Crippen molar-refractivity contribution in [1.82, 2.24) is 5.48 Å². The van der Waals surface area contributed by atoms with Crippen molar-refractivity contribution < 1.29 is 23.5 Å². The smallest absolute Gasteiger partial charge is 0.274 e. The standard InChI is InChI=1S/C18H20N2O5S/c1-12-9-20(10-13-2-4-14(5-3-13)11-26(23)24)16-8-15(18(21)19-22)6-7-17(16)25-12/h2-8,12,22H,9-11H2,1H3,(H,19,21)(H,23,24). The highest BCUT2D eigenvalue weighted by Crippen LogP contribution is 2.35. The number of nitrogens with one attached hydrogen (secondary N) is 1. The van der Waals surface area contributed by atoms with Crippen molar-refractivity contribution in [2.45, 2.75) is 25.3 Å². The van der Waals surface area contributed by atoms with Gasteiger partial charge in [-0.25, -0.2) is 9.69 Å². The molecule has 2 atom stereocenters. The molecule has 0 saturated heterocycles. The van der Waals surface area contributed by atoms with Crippen LogP contribution in [0.1, 0.15) is 28.4 Å². The van der Waals surface area contributed by atoms with Crippen LogP contribution in [-0.2, 0) is 23.4 Å². The van der Waals surface area contributed by atoms with Gasteiger partial charge in [0.15, 0.2) is 11.1 Å². The molecule has 0 bridgehead atoms. The van der Waals surface area contributed by atoms with Gasteiger partial charge in [-0.1, -0.05) is 24.3 Å². The van der Waals surface area contributed by atoms with Crippen LogP contribution in [-0.4, -0.2) is 32.5 Å². The first-order chi connectivity index (χ1) is 12.5. The van der Waals surface area contributed by atoms with Crippen LogP contribution >= 0.6 is 0 Å². The zero-order valence-electron chi connectivity index (χ0n) is 14.2. The molecule has 26 heavy (non-hydrogen) atoms. The van der Waals surface area contributed by atoms with Crippen LogP contribution in [0, 0.1) is 0 Å². The summed E-state index contributed by atoms with van der Waals surface area (Å²) >= 11 is -1.86. The minimum atomic E-state index is -1.86. The molecule has 2 aromatic carbocycles. The van der Waals surface area contributed by atoms with E-state index in [4.69, 9.17) is 14.5 Å². The second-order valence-corrected chi connectivity index (χ2v) is 7.15. The Bertz CT molecular complexity index is 825. The molecule has 0 radical (unpaired) electrons. The molecule has 0 saturated carbocycles. The Kier molecular flexibility index (Phi) is 5.55. The Hall–Kier alpha value is -2.42. The van der Waals surface area contributed by atoms with E-state index in [2.05, 4.69) is 4.90 Å². The summed E-state index contributed by atoms with van der Waals surface area (Å²) in [5.74, 6) is 0.218. The summed E-state index contributed by atoms with van der Waals surface area (Å²) in [7, 11) is 0. The first-order valence-corrected chi connectivity index (χ1v) is 9.39. The van der Waals surface area contributed by atoms with E-state index in [1.54, 1.807) is 23.7 Å². The van der Waals surface area contributed by atoms with E-state index in [1.165, 1.54) is 0 Å². The van der Waals surface area contributed by atoms with Crippen molar-refractivity contribution in [2.24, 2.45) is 0 Å². The molecule has 1 aliphatic heterocycles. The minimum absolute atomic E-state index is 0.00361. The molecule has 0 spiro atoms. The molecule has 1 amide bonds. The number of ether oxygens (including phenoxy) is 1. The average Bonchev–Trinajstić information content (AvgIpc) is 2.62. The Morgan fingerprint density at radius 3 is 2.62 bits per heavy atom. The molecule has 1 aliphatic rings. The third-order valence-electron chi connectivity index (χ3n) is 4.16. The number of rotatable bonds is 5. The van der Waals surface area contributed by atoms with Gasteiger partial charge in [0.25, 0.3) is 5.91 Å². The third kappa shape index (κ3) is 4.21. The number of hydrogen-bond acceptors (Lipinski definition) is 5. The maximum atomic E-state index is 11.7.